The molecule has 3 N–H and O–H groups in total. The van der Waals surface area contributed by atoms with Crippen LogP contribution < -0.4 is 10.6 Å². The first-order valence-electron chi connectivity index (χ1n) is 11.5. The van der Waals surface area contributed by atoms with Crippen molar-refractivity contribution >= 4 is 35.3 Å². The molecular weight excluding hydrogens is 449 g/mol. The summed E-state index contributed by atoms with van der Waals surface area (Å²) < 4.78 is 13.9. The van der Waals surface area contributed by atoms with Crippen LogP contribution in [0.1, 0.15) is 37.4 Å². The molecule has 0 aromatic heterocycles. The number of amides is 1. The van der Waals surface area contributed by atoms with Crippen LogP contribution in [0.4, 0.5) is 15.8 Å². The number of quaternary nitrogens is 1. The Hall–Kier alpha value is -3.73. The Morgan fingerprint density at radius 3 is 2.94 bits per heavy atom. The number of halogens is 1. The molecule has 0 radical (unpaired) electrons. The van der Waals surface area contributed by atoms with Crippen LogP contribution in [-0.4, -0.2) is 51.4 Å². The van der Waals surface area contributed by atoms with E-state index in [1.54, 1.807) is 24.7 Å². The minimum Gasteiger partial charge on any atom is -0.391 e. The van der Waals surface area contributed by atoms with Gasteiger partial charge in [0.2, 0.25) is 5.91 Å². The Balaban J connectivity index is 1.35. The summed E-state index contributed by atoms with van der Waals surface area (Å²) in [4.78, 5) is 21.2. The maximum absolute atomic E-state index is 14.0. The van der Waals surface area contributed by atoms with Gasteiger partial charge in [-0.2, -0.15) is 0 Å². The van der Waals surface area contributed by atoms with Gasteiger partial charge >= 0.3 is 5.84 Å². The molecule has 9 nitrogen and oxygen atoms in total. The normalized spacial score (nSPS) is 28.4. The van der Waals surface area contributed by atoms with Gasteiger partial charge in [0.25, 0.3) is 5.96 Å². The Bertz CT molecular complexity index is 1370. The third kappa shape index (κ3) is 3.41. The van der Waals surface area contributed by atoms with Gasteiger partial charge in [-0.1, -0.05) is 18.2 Å². The lowest BCUT2D eigenvalue weighted by molar-refractivity contribution is -0.921. The number of aliphatic hydroxyl groups excluding tert-OH is 1. The van der Waals surface area contributed by atoms with E-state index in [0.717, 1.165) is 22.5 Å². The predicted octanol–water partition coefficient (Wildman–Crippen LogP) is 3.25. The molecule has 2 aromatic carbocycles. The molecule has 178 valence electrons. The fourth-order valence-corrected chi connectivity index (χ4v) is 5.15. The molecule has 4 aliphatic heterocycles. The highest BCUT2D eigenvalue weighted by atomic mass is 19.1. The van der Waals surface area contributed by atoms with Gasteiger partial charge in [-0.3, -0.25) is 9.79 Å². The fourth-order valence-electron chi connectivity index (χ4n) is 5.15. The Kier molecular flexibility index (Phi) is 4.75. The number of anilines is 2. The van der Waals surface area contributed by atoms with Crippen molar-refractivity contribution in [2.24, 2.45) is 15.1 Å². The van der Waals surface area contributed by atoms with Gasteiger partial charge in [0.05, 0.1) is 30.3 Å². The third-order valence-electron chi connectivity index (χ3n) is 7.00. The molecule has 0 aliphatic carbocycles. The Labute approximate surface area is 201 Å². The number of aliphatic hydroxyl groups is 1. The highest BCUT2D eigenvalue weighted by molar-refractivity contribution is 6.30. The van der Waals surface area contributed by atoms with E-state index in [1.165, 1.54) is 12.1 Å². The monoisotopic (exact) mass is 474 g/mol. The molecule has 1 saturated heterocycles. The van der Waals surface area contributed by atoms with E-state index in [9.17, 15) is 14.3 Å². The number of hydrogen-bond acceptors (Lipinski definition) is 7. The van der Waals surface area contributed by atoms with Crippen LogP contribution in [0.15, 0.2) is 70.0 Å². The lowest BCUT2D eigenvalue weighted by atomic mass is 9.86. The summed E-state index contributed by atoms with van der Waals surface area (Å²) in [5.41, 5.74) is 2.60. The number of benzene rings is 2. The lowest BCUT2D eigenvalue weighted by Crippen LogP contribution is -2.56. The van der Waals surface area contributed by atoms with Gasteiger partial charge in [0.15, 0.2) is 6.20 Å². The van der Waals surface area contributed by atoms with E-state index in [0.29, 0.717) is 24.8 Å². The number of hydrogen-bond donors (Lipinski definition) is 3. The van der Waals surface area contributed by atoms with Crippen LogP contribution >= 0.6 is 0 Å². The van der Waals surface area contributed by atoms with E-state index < -0.39 is 11.5 Å². The minimum absolute atomic E-state index is 0.0398. The number of nitrogens with zero attached hydrogens (tertiary/aromatic N) is 5. The van der Waals surface area contributed by atoms with Crippen molar-refractivity contribution in [3.05, 3.63) is 71.8 Å². The van der Waals surface area contributed by atoms with Gasteiger partial charge in [-0.05, 0) is 65.5 Å². The van der Waals surface area contributed by atoms with Gasteiger partial charge in [0.1, 0.15) is 12.0 Å². The van der Waals surface area contributed by atoms with Gasteiger partial charge in [0, 0.05) is 11.4 Å². The molecule has 4 heterocycles. The number of amidine groups is 1. The molecule has 0 bridgehead atoms. The third-order valence-corrected chi connectivity index (χ3v) is 7.00. The van der Waals surface area contributed by atoms with Crippen LogP contribution in [0, 0.1) is 5.82 Å². The average Bonchev–Trinajstić information content (AvgIpc) is 3.46. The quantitative estimate of drug-likeness (QED) is 0.595. The molecule has 1 fully saturated rings. The summed E-state index contributed by atoms with van der Waals surface area (Å²) in [6.07, 6.45) is 4.92. The molecule has 4 aliphatic rings. The van der Waals surface area contributed by atoms with Crippen LogP contribution in [0.2, 0.25) is 0 Å². The summed E-state index contributed by atoms with van der Waals surface area (Å²) in [5, 5.41) is 23.6. The Morgan fingerprint density at radius 2 is 2.11 bits per heavy atom. The molecule has 35 heavy (non-hydrogen) atoms. The second-order valence-corrected chi connectivity index (χ2v) is 9.67. The van der Waals surface area contributed by atoms with Crippen LogP contribution in [-0.2, 0) is 10.2 Å². The summed E-state index contributed by atoms with van der Waals surface area (Å²) in [5.74, 6) is 0.553. The van der Waals surface area contributed by atoms with E-state index in [-0.39, 0.29) is 22.5 Å². The molecule has 6 rings (SSSR count). The van der Waals surface area contributed by atoms with Crippen LogP contribution in [0.5, 0.6) is 0 Å². The summed E-state index contributed by atoms with van der Waals surface area (Å²) in [6.45, 7) is 4.12. The molecule has 1 unspecified atom stereocenters. The second-order valence-electron chi connectivity index (χ2n) is 9.67. The van der Waals surface area contributed by atoms with E-state index in [1.807, 2.05) is 43.1 Å². The molecule has 3 atom stereocenters. The predicted molar refractivity (Wildman–Crippen MR) is 131 cm³/mol. The molecular formula is C25H25FN7O2+. The lowest BCUT2D eigenvalue weighted by Gasteiger charge is -2.35. The molecule has 0 saturated carbocycles. The largest absolute Gasteiger partial charge is 0.391 e. The first-order valence-corrected chi connectivity index (χ1v) is 11.5. The van der Waals surface area contributed by atoms with Crippen molar-refractivity contribution in [1.29, 1.82) is 0 Å². The molecule has 0 spiro atoms. The molecule has 2 aromatic rings. The summed E-state index contributed by atoms with van der Waals surface area (Å²) in [7, 11) is 0. The standard InChI is InChI=1S/C25H24FN7O2/c1-25(2)19-7-6-17(11-20(19)29-23(25)35)28-24-30-22-13-27-8-9-33(22,31-24)32-14-18(34)12-21(32)15-4-3-5-16(26)10-15/h3-11,13,18,21,34H,12,14H2,1-2H3,(H-,28,29,31,35)/p+1/t18-,21+,33?/m0/s1. The molecule has 10 heteroatoms. The van der Waals surface area contributed by atoms with Crippen molar-refractivity contribution < 1.29 is 19.0 Å². The number of β-amino-alcohol motifs (C(OH)–C–C–N with tert-alkyl or cyclic N) is 1. The molecule has 1 amide bonds. The fraction of sp³-hybridized carbons (Fsp3) is 0.280. The Morgan fingerprint density at radius 1 is 1.26 bits per heavy atom. The number of nitrogens with one attached hydrogen (secondary N) is 2. The second kappa shape index (κ2) is 7.64. The zero-order valence-electron chi connectivity index (χ0n) is 19.3. The number of guanidine groups is 1. The van der Waals surface area contributed by atoms with Gasteiger partial charge in [-0.15, -0.1) is 10.0 Å². The van der Waals surface area contributed by atoms with Crippen molar-refractivity contribution in [3.63, 3.8) is 0 Å². The average molecular weight is 475 g/mol. The van der Waals surface area contributed by atoms with E-state index in [4.69, 9.17) is 5.10 Å². The van der Waals surface area contributed by atoms with E-state index in [2.05, 4.69) is 20.6 Å². The highest BCUT2D eigenvalue weighted by Crippen LogP contribution is 2.41. The first-order chi connectivity index (χ1) is 16.8. The first kappa shape index (κ1) is 21.8. The van der Waals surface area contributed by atoms with Crippen molar-refractivity contribution in [3.8, 4) is 0 Å². The summed E-state index contributed by atoms with van der Waals surface area (Å²) >= 11 is 0. The van der Waals surface area contributed by atoms with Crippen molar-refractivity contribution in [2.75, 3.05) is 17.2 Å². The van der Waals surface area contributed by atoms with Gasteiger partial charge in [-0.25, -0.2) is 4.39 Å². The SMILES string of the molecule is CC1(C)C(=O)Nc2cc(NC3=N[N+]4(N5C[C@@H](O)C[C@@H]5c5cccc(F)c5)C=CN=CC4=N3)ccc21. The smallest absolute Gasteiger partial charge is 0.301 e. The van der Waals surface area contributed by atoms with Crippen LogP contribution in [0.25, 0.3) is 0 Å². The maximum atomic E-state index is 14.0. The number of carbonyl (C=O) groups is 1. The zero-order chi connectivity index (χ0) is 24.4. The highest BCUT2D eigenvalue weighted by Gasteiger charge is 2.53. The number of aliphatic imine (C=N–C) groups is 2. The minimum atomic E-state index is -0.597. The number of carbonyl (C=O) groups excluding carboxylic acids is 1. The van der Waals surface area contributed by atoms with Crippen molar-refractivity contribution in [1.82, 2.24) is 5.01 Å². The number of fused-ring (bicyclic) bond motifs is 2. The van der Waals surface area contributed by atoms with Gasteiger partial charge < -0.3 is 15.7 Å². The number of rotatable bonds is 3. The van der Waals surface area contributed by atoms with E-state index >= 15 is 0 Å². The van der Waals surface area contributed by atoms with Crippen LogP contribution in [0.3, 0.4) is 0 Å². The summed E-state index contributed by atoms with van der Waals surface area (Å²) in [6, 6.07) is 11.8. The maximum Gasteiger partial charge on any atom is 0.301 e. The van der Waals surface area contributed by atoms with Crippen molar-refractivity contribution in [2.45, 2.75) is 37.8 Å². The topological polar surface area (TPSA) is 102 Å². The zero-order valence-corrected chi connectivity index (χ0v) is 19.3.